The van der Waals surface area contributed by atoms with Gasteiger partial charge in [0.2, 0.25) is 0 Å². The minimum Gasteiger partial charge on any atom is -0.393 e. The molecule has 98 valence electrons. The monoisotopic (exact) mass is 269 g/mol. The van der Waals surface area contributed by atoms with Crippen LogP contribution in [0.2, 0.25) is 5.02 Å². The lowest BCUT2D eigenvalue weighted by Crippen LogP contribution is -2.44. The first-order valence-corrected chi connectivity index (χ1v) is 6.89. The molecular weight excluding hydrogens is 253 g/mol. The molecule has 2 aliphatic heterocycles. The maximum Gasteiger partial charge on any atom is 0.146 e. The number of aliphatic hydroxyl groups is 1. The lowest BCUT2D eigenvalue weighted by atomic mass is 9.99. The van der Waals surface area contributed by atoms with Crippen LogP contribution in [0.5, 0.6) is 0 Å². The number of benzene rings is 1. The fraction of sp³-hybridized carbons (Fsp3) is 0.571. The fourth-order valence-corrected chi connectivity index (χ4v) is 3.56. The zero-order valence-electron chi connectivity index (χ0n) is 10.1. The van der Waals surface area contributed by atoms with E-state index in [2.05, 4.69) is 4.90 Å². The van der Waals surface area contributed by atoms with Crippen molar-refractivity contribution in [1.82, 2.24) is 4.90 Å². The van der Waals surface area contributed by atoms with E-state index in [1.165, 1.54) is 0 Å². The molecule has 0 spiro atoms. The predicted molar refractivity (Wildman–Crippen MR) is 69.0 cm³/mol. The van der Waals surface area contributed by atoms with E-state index in [9.17, 15) is 9.50 Å². The van der Waals surface area contributed by atoms with Crippen LogP contribution in [0.25, 0.3) is 0 Å². The van der Waals surface area contributed by atoms with Gasteiger partial charge in [0.05, 0.1) is 11.1 Å². The second kappa shape index (κ2) is 4.80. The highest BCUT2D eigenvalue weighted by Gasteiger charge is 2.40. The molecule has 4 heteroatoms. The highest BCUT2D eigenvalue weighted by Crippen LogP contribution is 2.37. The molecule has 2 heterocycles. The maximum absolute atomic E-state index is 13.9. The third kappa shape index (κ3) is 2.15. The molecule has 2 atom stereocenters. The van der Waals surface area contributed by atoms with Gasteiger partial charge in [0.1, 0.15) is 5.82 Å². The van der Waals surface area contributed by atoms with Gasteiger partial charge in [0, 0.05) is 24.2 Å². The Kier molecular flexibility index (Phi) is 3.31. The van der Waals surface area contributed by atoms with Crippen LogP contribution in [0.15, 0.2) is 18.2 Å². The van der Waals surface area contributed by atoms with E-state index in [4.69, 9.17) is 11.6 Å². The van der Waals surface area contributed by atoms with E-state index in [1.807, 2.05) is 0 Å². The smallest absolute Gasteiger partial charge is 0.146 e. The third-order valence-corrected chi connectivity index (χ3v) is 4.54. The van der Waals surface area contributed by atoms with Gasteiger partial charge in [0.15, 0.2) is 0 Å². The molecule has 2 fully saturated rings. The van der Waals surface area contributed by atoms with Gasteiger partial charge in [-0.05, 0) is 31.7 Å². The average Bonchev–Trinajstić information content (AvgIpc) is 2.58. The summed E-state index contributed by atoms with van der Waals surface area (Å²) >= 11 is 5.81. The van der Waals surface area contributed by atoms with Crippen molar-refractivity contribution < 1.29 is 9.50 Å². The van der Waals surface area contributed by atoms with Crippen LogP contribution < -0.4 is 0 Å². The van der Waals surface area contributed by atoms with Crippen molar-refractivity contribution in [1.29, 1.82) is 0 Å². The molecule has 0 radical (unpaired) electrons. The van der Waals surface area contributed by atoms with Crippen molar-refractivity contribution in [2.24, 2.45) is 0 Å². The first kappa shape index (κ1) is 12.4. The largest absolute Gasteiger partial charge is 0.393 e. The Bertz CT molecular complexity index is 439. The van der Waals surface area contributed by atoms with Crippen LogP contribution in [-0.2, 0) is 6.54 Å². The molecule has 1 aromatic rings. The van der Waals surface area contributed by atoms with Crippen molar-refractivity contribution in [3.05, 3.63) is 34.6 Å². The summed E-state index contributed by atoms with van der Waals surface area (Å²) in [5.41, 5.74) is 0.663. The van der Waals surface area contributed by atoms with Gasteiger partial charge in [-0.1, -0.05) is 23.7 Å². The summed E-state index contributed by atoms with van der Waals surface area (Å²) in [6, 6.07) is 5.97. The minimum absolute atomic E-state index is 0.178. The van der Waals surface area contributed by atoms with Gasteiger partial charge < -0.3 is 5.11 Å². The summed E-state index contributed by atoms with van der Waals surface area (Å²) in [6.07, 6.45) is 3.69. The van der Waals surface area contributed by atoms with Crippen molar-refractivity contribution in [3.63, 3.8) is 0 Å². The summed E-state index contributed by atoms with van der Waals surface area (Å²) in [5.74, 6) is -0.301. The van der Waals surface area contributed by atoms with Crippen LogP contribution >= 0.6 is 11.6 Å². The zero-order valence-corrected chi connectivity index (χ0v) is 10.9. The normalized spacial score (nSPS) is 31.8. The van der Waals surface area contributed by atoms with Gasteiger partial charge in [-0.15, -0.1) is 0 Å². The Labute approximate surface area is 111 Å². The summed E-state index contributed by atoms with van der Waals surface area (Å²) in [7, 11) is 0. The Hall–Kier alpha value is -0.640. The van der Waals surface area contributed by atoms with E-state index in [0.717, 1.165) is 25.7 Å². The van der Waals surface area contributed by atoms with Crippen molar-refractivity contribution >= 4 is 11.6 Å². The van der Waals surface area contributed by atoms with E-state index < -0.39 is 0 Å². The molecule has 3 rings (SSSR count). The van der Waals surface area contributed by atoms with Crippen molar-refractivity contribution in [2.75, 3.05) is 0 Å². The third-order valence-electron chi connectivity index (χ3n) is 4.24. The molecule has 2 saturated heterocycles. The van der Waals surface area contributed by atoms with Crippen LogP contribution in [0, 0.1) is 5.82 Å². The maximum atomic E-state index is 13.9. The zero-order chi connectivity index (χ0) is 12.7. The van der Waals surface area contributed by atoms with Crippen LogP contribution in [0.4, 0.5) is 4.39 Å². The lowest BCUT2D eigenvalue weighted by molar-refractivity contribution is 0.0305. The van der Waals surface area contributed by atoms with Gasteiger partial charge in [0.25, 0.3) is 0 Å². The van der Waals surface area contributed by atoms with Crippen LogP contribution in [0.1, 0.15) is 31.2 Å². The second-order valence-corrected chi connectivity index (χ2v) is 5.80. The highest BCUT2D eigenvalue weighted by molar-refractivity contribution is 6.30. The Morgan fingerprint density at radius 3 is 2.61 bits per heavy atom. The molecule has 18 heavy (non-hydrogen) atoms. The number of fused-ring (bicyclic) bond motifs is 2. The number of halogens is 2. The molecule has 2 bridgehead atoms. The summed E-state index contributed by atoms with van der Waals surface area (Å²) < 4.78 is 13.9. The number of hydrogen-bond donors (Lipinski definition) is 1. The summed E-state index contributed by atoms with van der Waals surface area (Å²) in [5, 5.41) is 9.94. The number of piperidine rings is 1. The van der Waals surface area contributed by atoms with Gasteiger partial charge >= 0.3 is 0 Å². The Morgan fingerprint density at radius 2 is 1.94 bits per heavy atom. The molecule has 0 amide bonds. The molecule has 0 aliphatic carbocycles. The summed E-state index contributed by atoms with van der Waals surface area (Å²) in [4.78, 5) is 2.33. The molecular formula is C14H17ClFNO. The molecule has 0 saturated carbocycles. The average molecular weight is 270 g/mol. The number of nitrogens with zero attached hydrogens (tertiary/aromatic N) is 1. The van der Waals surface area contributed by atoms with Crippen molar-refractivity contribution in [3.8, 4) is 0 Å². The van der Waals surface area contributed by atoms with Crippen LogP contribution in [0.3, 0.4) is 0 Å². The number of rotatable bonds is 2. The first-order valence-electron chi connectivity index (χ1n) is 6.52. The molecule has 1 aromatic carbocycles. The highest BCUT2D eigenvalue weighted by atomic mass is 35.5. The standard InChI is InChI=1S/C14H17ClFNO/c15-13-3-1-2-9(14(13)16)8-17-10-4-5-11(17)7-12(18)6-10/h1-3,10-12,18H,4-8H2. The van der Waals surface area contributed by atoms with E-state index in [0.29, 0.717) is 24.2 Å². The van der Waals surface area contributed by atoms with E-state index >= 15 is 0 Å². The molecule has 2 unspecified atom stereocenters. The predicted octanol–water partition coefficient (Wildman–Crippen LogP) is 2.97. The SMILES string of the molecule is OC1CC2CCC(C1)N2Cc1cccc(Cl)c1F. The number of aliphatic hydroxyl groups excluding tert-OH is 1. The first-order chi connectivity index (χ1) is 8.65. The van der Waals surface area contributed by atoms with Gasteiger partial charge in [-0.25, -0.2) is 4.39 Å². The fourth-order valence-electron chi connectivity index (χ4n) is 3.37. The quantitative estimate of drug-likeness (QED) is 0.892. The van der Waals surface area contributed by atoms with Gasteiger partial charge in [-0.2, -0.15) is 0 Å². The lowest BCUT2D eigenvalue weighted by Gasteiger charge is -2.37. The number of hydrogen-bond acceptors (Lipinski definition) is 2. The van der Waals surface area contributed by atoms with Crippen molar-refractivity contribution in [2.45, 2.75) is 50.4 Å². The minimum atomic E-state index is -0.301. The van der Waals surface area contributed by atoms with E-state index in [-0.39, 0.29) is 16.9 Å². The Balaban J connectivity index is 1.79. The topological polar surface area (TPSA) is 23.5 Å². The molecule has 2 aliphatic rings. The molecule has 0 aromatic heterocycles. The van der Waals surface area contributed by atoms with Crippen LogP contribution in [-0.4, -0.2) is 28.2 Å². The Morgan fingerprint density at radius 1 is 1.28 bits per heavy atom. The second-order valence-electron chi connectivity index (χ2n) is 5.40. The van der Waals surface area contributed by atoms with Gasteiger partial charge in [-0.3, -0.25) is 4.90 Å². The molecule has 1 N–H and O–H groups in total. The molecule has 2 nitrogen and oxygen atoms in total. The summed E-state index contributed by atoms with van der Waals surface area (Å²) in [6.45, 7) is 0.606. The van der Waals surface area contributed by atoms with E-state index in [1.54, 1.807) is 18.2 Å².